The van der Waals surface area contributed by atoms with Gasteiger partial charge in [0.2, 0.25) is 0 Å². The van der Waals surface area contributed by atoms with Crippen molar-refractivity contribution in [2.24, 2.45) is 9.98 Å². The molecule has 27 heavy (non-hydrogen) atoms. The van der Waals surface area contributed by atoms with Crippen LogP contribution in [0.3, 0.4) is 0 Å². The third-order valence-corrected chi connectivity index (χ3v) is 4.04. The normalized spacial score (nSPS) is 19.0. The van der Waals surface area contributed by atoms with E-state index in [0.29, 0.717) is 29.6 Å². The standard InChI is InChI=1S/C20H22N2O5/c1-20(25-4)13-18(24-3)21-19(22-20)27-17-11-9-16(10-12-17)26-15-7-5-14(23-2)6-8-15/h5-12H,13H2,1-4H3. The van der Waals surface area contributed by atoms with E-state index in [4.69, 9.17) is 23.7 Å². The van der Waals surface area contributed by atoms with Crippen LogP contribution < -0.4 is 14.2 Å². The first kappa shape index (κ1) is 18.7. The number of hydrogen-bond donors (Lipinski definition) is 0. The van der Waals surface area contributed by atoms with Crippen LogP contribution in [0.15, 0.2) is 58.5 Å². The van der Waals surface area contributed by atoms with Gasteiger partial charge in [-0.25, -0.2) is 0 Å². The number of ether oxygens (including phenoxy) is 5. The van der Waals surface area contributed by atoms with Crippen LogP contribution >= 0.6 is 0 Å². The fourth-order valence-corrected chi connectivity index (χ4v) is 2.44. The third kappa shape index (κ3) is 4.77. The summed E-state index contributed by atoms with van der Waals surface area (Å²) < 4.78 is 27.3. The van der Waals surface area contributed by atoms with Crippen molar-refractivity contribution in [1.29, 1.82) is 0 Å². The second-order valence-electron chi connectivity index (χ2n) is 6.01. The smallest absolute Gasteiger partial charge is 0.323 e. The van der Waals surface area contributed by atoms with Crippen molar-refractivity contribution in [3.63, 3.8) is 0 Å². The monoisotopic (exact) mass is 370 g/mol. The summed E-state index contributed by atoms with van der Waals surface area (Å²) in [5.41, 5.74) is -0.764. The molecule has 2 aromatic rings. The molecular weight excluding hydrogens is 348 g/mol. The zero-order valence-electron chi connectivity index (χ0n) is 15.8. The Morgan fingerprint density at radius 3 is 1.74 bits per heavy atom. The average molecular weight is 370 g/mol. The average Bonchev–Trinajstić information content (AvgIpc) is 2.69. The molecule has 142 valence electrons. The van der Waals surface area contributed by atoms with Gasteiger partial charge in [-0.15, -0.1) is 0 Å². The second-order valence-corrected chi connectivity index (χ2v) is 6.01. The van der Waals surface area contributed by atoms with E-state index in [9.17, 15) is 0 Å². The van der Waals surface area contributed by atoms with Crippen molar-refractivity contribution >= 4 is 11.9 Å². The molecule has 1 aliphatic rings. The Balaban J connectivity index is 1.68. The number of benzene rings is 2. The molecule has 0 N–H and O–H groups in total. The van der Waals surface area contributed by atoms with Crippen molar-refractivity contribution in [3.05, 3.63) is 48.5 Å². The molecule has 0 aromatic heterocycles. The number of methoxy groups -OCH3 is 3. The molecule has 0 bridgehead atoms. The molecule has 0 radical (unpaired) electrons. The van der Waals surface area contributed by atoms with E-state index in [-0.39, 0.29) is 6.02 Å². The van der Waals surface area contributed by atoms with Crippen molar-refractivity contribution in [2.75, 3.05) is 21.3 Å². The summed E-state index contributed by atoms with van der Waals surface area (Å²) in [6, 6.07) is 14.7. The SMILES string of the molecule is COC1=NC(Oc2ccc(Oc3ccc(OC)cc3)cc2)=NC(C)(OC)C1. The fourth-order valence-electron chi connectivity index (χ4n) is 2.44. The first-order valence-electron chi connectivity index (χ1n) is 8.40. The molecule has 1 unspecified atom stereocenters. The molecule has 1 heterocycles. The Bertz CT molecular complexity index is 830. The quantitative estimate of drug-likeness (QED) is 0.795. The van der Waals surface area contributed by atoms with Crippen LogP contribution in [0, 0.1) is 0 Å². The molecule has 7 nitrogen and oxygen atoms in total. The number of amidine groups is 1. The first-order valence-corrected chi connectivity index (χ1v) is 8.40. The largest absolute Gasteiger partial charge is 0.497 e. The van der Waals surface area contributed by atoms with Gasteiger partial charge in [-0.05, 0) is 55.5 Å². The molecule has 0 spiro atoms. The highest BCUT2D eigenvalue weighted by Gasteiger charge is 2.31. The molecule has 1 atom stereocenters. The summed E-state index contributed by atoms with van der Waals surface area (Å²) in [6.07, 6.45) is 0.446. The van der Waals surface area contributed by atoms with Crippen molar-refractivity contribution in [2.45, 2.75) is 19.1 Å². The Morgan fingerprint density at radius 1 is 0.741 bits per heavy atom. The molecule has 0 fully saturated rings. The zero-order chi connectivity index (χ0) is 19.3. The van der Waals surface area contributed by atoms with Gasteiger partial charge in [0.15, 0.2) is 11.6 Å². The van der Waals surface area contributed by atoms with Crippen LogP contribution in [0.1, 0.15) is 13.3 Å². The highest BCUT2D eigenvalue weighted by atomic mass is 16.5. The van der Waals surface area contributed by atoms with Gasteiger partial charge in [-0.1, -0.05) is 0 Å². The van der Waals surface area contributed by atoms with Crippen molar-refractivity contribution < 1.29 is 23.7 Å². The fraction of sp³-hybridized carbons (Fsp3) is 0.300. The molecule has 7 heteroatoms. The lowest BCUT2D eigenvalue weighted by Gasteiger charge is -2.27. The summed E-state index contributed by atoms with van der Waals surface area (Å²) in [5, 5.41) is 0. The maximum Gasteiger partial charge on any atom is 0.323 e. The Morgan fingerprint density at radius 2 is 1.26 bits per heavy atom. The predicted octanol–water partition coefficient (Wildman–Crippen LogP) is 4.03. The molecule has 0 aliphatic carbocycles. The minimum Gasteiger partial charge on any atom is -0.497 e. The van der Waals surface area contributed by atoms with Gasteiger partial charge in [-0.3, -0.25) is 0 Å². The highest BCUT2D eigenvalue weighted by Crippen LogP contribution is 2.27. The Kier molecular flexibility index (Phi) is 5.61. The lowest BCUT2D eigenvalue weighted by Crippen LogP contribution is -2.35. The Labute approximate surface area is 158 Å². The second kappa shape index (κ2) is 8.09. The highest BCUT2D eigenvalue weighted by molar-refractivity contribution is 5.94. The number of rotatable bonds is 5. The van der Waals surface area contributed by atoms with Gasteiger partial charge in [-0.2, -0.15) is 9.98 Å². The third-order valence-electron chi connectivity index (χ3n) is 4.04. The molecule has 1 aliphatic heterocycles. The predicted molar refractivity (Wildman–Crippen MR) is 102 cm³/mol. The topological polar surface area (TPSA) is 70.9 Å². The van der Waals surface area contributed by atoms with Crippen LogP contribution in [-0.4, -0.2) is 39.0 Å². The van der Waals surface area contributed by atoms with E-state index in [0.717, 1.165) is 5.75 Å². The summed E-state index contributed by atoms with van der Waals surface area (Å²) in [7, 11) is 4.77. The van der Waals surface area contributed by atoms with E-state index in [1.54, 1.807) is 45.6 Å². The lowest BCUT2D eigenvalue weighted by molar-refractivity contribution is 0.0136. The van der Waals surface area contributed by atoms with Crippen LogP contribution in [-0.2, 0) is 9.47 Å². The van der Waals surface area contributed by atoms with E-state index in [1.165, 1.54) is 0 Å². The van der Waals surface area contributed by atoms with Gasteiger partial charge in [0.05, 0.1) is 20.6 Å². The van der Waals surface area contributed by atoms with Crippen molar-refractivity contribution in [3.8, 4) is 23.0 Å². The summed E-state index contributed by atoms with van der Waals surface area (Å²) in [6.45, 7) is 1.84. The minimum atomic E-state index is -0.764. The van der Waals surface area contributed by atoms with E-state index in [1.807, 2.05) is 31.2 Å². The van der Waals surface area contributed by atoms with Crippen LogP contribution in [0.2, 0.25) is 0 Å². The van der Waals surface area contributed by atoms with Gasteiger partial charge >= 0.3 is 6.02 Å². The summed E-state index contributed by atoms with van der Waals surface area (Å²) >= 11 is 0. The van der Waals surface area contributed by atoms with Crippen LogP contribution in [0.5, 0.6) is 23.0 Å². The number of nitrogens with zero attached hydrogens (tertiary/aromatic N) is 2. The molecule has 2 aromatic carbocycles. The number of hydrogen-bond acceptors (Lipinski definition) is 7. The zero-order valence-corrected chi connectivity index (χ0v) is 15.8. The van der Waals surface area contributed by atoms with Crippen LogP contribution in [0.25, 0.3) is 0 Å². The van der Waals surface area contributed by atoms with Gasteiger partial charge in [0.25, 0.3) is 0 Å². The molecule has 0 saturated carbocycles. The maximum absolute atomic E-state index is 5.80. The Hall–Kier alpha value is -3.06. The number of aliphatic imine (C=N–C) groups is 2. The first-order chi connectivity index (χ1) is 13.0. The van der Waals surface area contributed by atoms with Crippen LogP contribution in [0.4, 0.5) is 0 Å². The van der Waals surface area contributed by atoms with Gasteiger partial charge in [0.1, 0.15) is 23.0 Å². The van der Waals surface area contributed by atoms with E-state index >= 15 is 0 Å². The molecule has 3 rings (SSSR count). The minimum absolute atomic E-state index is 0.186. The molecule has 0 saturated heterocycles. The lowest BCUT2D eigenvalue weighted by atomic mass is 10.1. The van der Waals surface area contributed by atoms with E-state index in [2.05, 4.69) is 9.98 Å². The summed E-state index contributed by atoms with van der Waals surface area (Å²) in [5.74, 6) is 3.25. The van der Waals surface area contributed by atoms with E-state index < -0.39 is 5.72 Å². The van der Waals surface area contributed by atoms with Gasteiger partial charge in [0, 0.05) is 7.11 Å². The molecular formula is C20H22N2O5. The van der Waals surface area contributed by atoms with Gasteiger partial charge < -0.3 is 23.7 Å². The maximum atomic E-state index is 5.80. The van der Waals surface area contributed by atoms with Crippen molar-refractivity contribution in [1.82, 2.24) is 0 Å². The summed E-state index contributed by atoms with van der Waals surface area (Å²) in [4.78, 5) is 8.64. The molecule has 0 amide bonds.